The van der Waals surface area contributed by atoms with Crippen LogP contribution in [0.25, 0.3) is 44.9 Å². The van der Waals surface area contributed by atoms with Crippen molar-refractivity contribution in [2.45, 2.75) is 6.92 Å². The van der Waals surface area contributed by atoms with Gasteiger partial charge in [0, 0.05) is 44.3 Å². The quantitative estimate of drug-likeness (QED) is 0.168. The first kappa shape index (κ1) is 34.5. The van der Waals surface area contributed by atoms with E-state index in [2.05, 4.69) is 58.3 Å². The maximum atomic E-state index is 4.55. The molecule has 1 radical (unpaired) electrons. The molecule has 0 amide bonds. The normalized spacial score (nSPS) is 9.53. The van der Waals surface area contributed by atoms with E-state index in [1.165, 1.54) is 16.7 Å². The summed E-state index contributed by atoms with van der Waals surface area (Å²) in [6.45, 7) is 2.12. The molecular weight excluding hydrogens is 727 g/mol. The molecule has 0 saturated heterocycles. The summed E-state index contributed by atoms with van der Waals surface area (Å²) in [7, 11) is 0. The van der Waals surface area contributed by atoms with Crippen molar-refractivity contribution in [2.24, 2.45) is 0 Å². The average molecular weight is 760 g/mol. The number of rotatable bonds is 4. The molecule has 7 rings (SSSR count). The first-order chi connectivity index (χ1) is 21.3. The molecule has 0 atom stereocenters. The minimum Gasteiger partial charge on any atom is -0.358 e. The summed E-state index contributed by atoms with van der Waals surface area (Å²) < 4.78 is 0. The fraction of sp³-hybridized carbons (Fsp3) is 0.0244. The van der Waals surface area contributed by atoms with E-state index in [0.29, 0.717) is 0 Å². The Kier molecular flexibility index (Phi) is 14.2. The first-order valence-electron chi connectivity index (χ1n) is 14.0. The van der Waals surface area contributed by atoms with Crippen LogP contribution in [0.15, 0.2) is 164 Å². The Morgan fingerprint density at radius 3 is 1.31 bits per heavy atom. The van der Waals surface area contributed by atoms with Gasteiger partial charge in [-0.3, -0.25) is 0 Å². The first-order valence-corrected chi connectivity index (χ1v) is 14.0. The second-order valence-electron chi connectivity index (χ2n) is 9.51. The molecule has 0 N–H and O–H groups in total. The van der Waals surface area contributed by atoms with E-state index in [9.17, 15) is 0 Å². The van der Waals surface area contributed by atoms with Crippen LogP contribution in [0.4, 0.5) is 0 Å². The summed E-state index contributed by atoms with van der Waals surface area (Å²) in [5.41, 5.74) is 9.64. The van der Waals surface area contributed by atoms with E-state index in [4.69, 9.17) is 0 Å². The van der Waals surface area contributed by atoms with Crippen molar-refractivity contribution >= 4 is 0 Å². The van der Waals surface area contributed by atoms with Crippen molar-refractivity contribution in [2.75, 3.05) is 0 Å². The van der Waals surface area contributed by atoms with Gasteiger partial charge in [-0.25, -0.2) is 0 Å². The molecule has 0 unspecified atom stereocenters. The van der Waals surface area contributed by atoms with E-state index < -0.39 is 0 Å². The minimum absolute atomic E-state index is 0. The van der Waals surface area contributed by atoms with Gasteiger partial charge in [-0.1, -0.05) is 60.7 Å². The van der Waals surface area contributed by atoms with E-state index in [-0.39, 0.29) is 27.5 Å². The van der Waals surface area contributed by atoms with Crippen LogP contribution < -0.4 is 0 Å². The van der Waals surface area contributed by atoms with Crippen LogP contribution in [0.1, 0.15) is 5.56 Å². The molecule has 0 spiro atoms. The third kappa shape index (κ3) is 10.3. The number of aryl methyl sites for hydroxylation is 1. The van der Waals surface area contributed by atoms with Gasteiger partial charge < -0.3 is 22.4 Å². The smallest absolute Gasteiger partial charge is 0.0242 e. The standard InChI is InChI=1S/C18H14N.2C11H8N.CH3.Ir/c1-14-12-18(16-10-6-3-7-11-16)19-13-17(14)15-8-4-2-5-9-15;2*1-2-6-10(7-3-1)11-8-4-5-9-12-11;;/h2-10,12-13H,1H3;2*1-6,8-9H;1H3;/q4*-1;. The Morgan fingerprint density at radius 2 is 0.911 bits per heavy atom. The van der Waals surface area contributed by atoms with Crippen LogP contribution in [0, 0.1) is 32.5 Å². The Hall–Kier alpha value is -5.02. The number of nitrogens with zero attached hydrogens (tertiary/aromatic N) is 3. The molecule has 4 heteroatoms. The largest absolute Gasteiger partial charge is 0.358 e. The molecule has 3 nitrogen and oxygen atoms in total. The van der Waals surface area contributed by atoms with Gasteiger partial charge in [-0.2, -0.15) is 0 Å². The monoisotopic (exact) mass is 760 g/mol. The van der Waals surface area contributed by atoms with Gasteiger partial charge >= 0.3 is 0 Å². The molecule has 225 valence electrons. The molecule has 45 heavy (non-hydrogen) atoms. The van der Waals surface area contributed by atoms with Crippen LogP contribution in [-0.4, -0.2) is 15.0 Å². The average Bonchev–Trinajstić information content (AvgIpc) is 3.11. The number of hydrogen-bond donors (Lipinski definition) is 0. The molecule has 3 aromatic heterocycles. The molecule has 0 fully saturated rings. The molecule has 4 aromatic carbocycles. The molecule has 3 heterocycles. The van der Waals surface area contributed by atoms with Crippen LogP contribution in [0.5, 0.6) is 0 Å². The summed E-state index contributed by atoms with van der Waals surface area (Å²) in [6.07, 6.45) is 5.52. The van der Waals surface area contributed by atoms with Gasteiger partial charge in [-0.15, -0.1) is 108 Å². The van der Waals surface area contributed by atoms with Gasteiger partial charge in [0.1, 0.15) is 0 Å². The van der Waals surface area contributed by atoms with Crippen molar-refractivity contribution in [3.05, 3.63) is 195 Å². The zero-order valence-electron chi connectivity index (χ0n) is 25.3. The number of pyridine rings is 3. The van der Waals surface area contributed by atoms with Crippen molar-refractivity contribution in [1.29, 1.82) is 0 Å². The van der Waals surface area contributed by atoms with Gasteiger partial charge in [0.25, 0.3) is 0 Å². The van der Waals surface area contributed by atoms with Crippen molar-refractivity contribution in [1.82, 2.24) is 15.0 Å². The van der Waals surface area contributed by atoms with Crippen molar-refractivity contribution in [3.63, 3.8) is 0 Å². The molecule has 0 saturated carbocycles. The predicted octanol–water partition coefficient (Wildman–Crippen LogP) is 10.1. The fourth-order valence-corrected chi connectivity index (χ4v) is 4.33. The number of hydrogen-bond acceptors (Lipinski definition) is 3. The molecular formula is C41H33IrN3-4. The van der Waals surface area contributed by atoms with E-state index in [0.717, 1.165) is 33.8 Å². The fourth-order valence-electron chi connectivity index (χ4n) is 4.33. The summed E-state index contributed by atoms with van der Waals surface area (Å²) >= 11 is 0. The van der Waals surface area contributed by atoms with E-state index in [1.807, 2.05) is 134 Å². The summed E-state index contributed by atoms with van der Waals surface area (Å²) in [6, 6.07) is 57.2. The van der Waals surface area contributed by atoms with Crippen molar-refractivity contribution in [3.8, 4) is 44.9 Å². The van der Waals surface area contributed by atoms with Crippen LogP contribution >= 0.6 is 0 Å². The maximum Gasteiger partial charge on any atom is 0.0242 e. The summed E-state index contributed by atoms with van der Waals surface area (Å²) in [5, 5.41) is 0. The molecule has 0 aliphatic rings. The Morgan fingerprint density at radius 1 is 0.467 bits per heavy atom. The number of aromatic nitrogens is 3. The van der Waals surface area contributed by atoms with Gasteiger partial charge in [-0.05, 0) is 47.3 Å². The summed E-state index contributed by atoms with van der Waals surface area (Å²) in [4.78, 5) is 13.0. The van der Waals surface area contributed by atoms with Gasteiger partial charge in [0.15, 0.2) is 0 Å². The zero-order chi connectivity index (χ0) is 29.5. The second kappa shape index (κ2) is 18.6. The third-order valence-electron chi connectivity index (χ3n) is 6.48. The van der Waals surface area contributed by atoms with Crippen LogP contribution in [0.3, 0.4) is 0 Å². The Labute approximate surface area is 281 Å². The molecule has 0 aliphatic carbocycles. The zero-order valence-corrected chi connectivity index (χ0v) is 27.7. The van der Waals surface area contributed by atoms with Gasteiger partial charge in [0.2, 0.25) is 0 Å². The third-order valence-corrected chi connectivity index (χ3v) is 6.48. The van der Waals surface area contributed by atoms with Crippen LogP contribution in [0.2, 0.25) is 0 Å². The second-order valence-corrected chi connectivity index (χ2v) is 9.51. The topological polar surface area (TPSA) is 38.7 Å². The Balaban J connectivity index is 0.000000187. The minimum atomic E-state index is 0. The SMILES string of the molecule is Cc1cc(-c2[c-]cccc2)ncc1-c1ccccc1.[CH3-].[Ir].[c-]1ccccc1-c1ccccn1.[c-]1ccccc1-c1ccccn1. The Bertz CT molecular complexity index is 1630. The molecule has 0 bridgehead atoms. The maximum absolute atomic E-state index is 4.55. The molecule has 0 aliphatic heterocycles. The van der Waals surface area contributed by atoms with E-state index in [1.54, 1.807) is 12.4 Å². The van der Waals surface area contributed by atoms with Gasteiger partial charge in [0.05, 0.1) is 0 Å². The predicted molar refractivity (Wildman–Crippen MR) is 182 cm³/mol. The molecule has 7 aromatic rings. The van der Waals surface area contributed by atoms with E-state index >= 15 is 0 Å². The van der Waals surface area contributed by atoms with Crippen molar-refractivity contribution < 1.29 is 20.1 Å². The number of benzene rings is 4. The summed E-state index contributed by atoms with van der Waals surface area (Å²) in [5.74, 6) is 0. The van der Waals surface area contributed by atoms with Crippen LogP contribution in [-0.2, 0) is 20.1 Å².